The maximum atomic E-state index is 13.3. The number of carbonyl (C=O) groups excluding carboxylic acids is 1. The molecule has 0 bridgehead atoms. The van der Waals surface area contributed by atoms with Crippen molar-refractivity contribution in [3.63, 3.8) is 0 Å². The van der Waals surface area contributed by atoms with Crippen molar-refractivity contribution >= 4 is 28.5 Å². The van der Waals surface area contributed by atoms with Crippen LogP contribution >= 0.6 is 11.6 Å². The van der Waals surface area contributed by atoms with Crippen molar-refractivity contribution in [3.05, 3.63) is 118 Å². The lowest BCUT2D eigenvalue weighted by Gasteiger charge is -2.20. The number of nitrogens with zero attached hydrogens (tertiary/aromatic N) is 2. The molecule has 0 saturated heterocycles. The van der Waals surface area contributed by atoms with E-state index < -0.39 is 0 Å². The number of oxazole rings is 1. The van der Waals surface area contributed by atoms with Gasteiger partial charge in [0.2, 0.25) is 5.89 Å². The van der Waals surface area contributed by atoms with E-state index in [0.29, 0.717) is 29.3 Å². The van der Waals surface area contributed by atoms with E-state index in [-0.39, 0.29) is 11.7 Å². The SMILES string of the molecule is Cc1cc(Cl)ccc1C(CC(=O)Cc1ccc2oc(-c3c(C)ccnc3C)nc2c1)c1ccccc1. The van der Waals surface area contributed by atoms with Gasteiger partial charge in [0.25, 0.3) is 0 Å². The van der Waals surface area contributed by atoms with Crippen molar-refractivity contribution in [1.29, 1.82) is 0 Å². The predicted molar refractivity (Wildman–Crippen MR) is 145 cm³/mol. The second kappa shape index (κ2) is 10.1. The standard InChI is InChI=1S/C31H27ClN2O2/c1-19-13-14-33-21(3)30(19)31-34-28-17-22(9-12-29(28)36-31)16-25(35)18-27(23-7-5-4-6-8-23)26-11-10-24(32)15-20(26)2/h4-15,17,27H,16,18H2,1-3H3. The highest BCUT2D eigenvalue weighted by molar-refractivity contribution is 6.30. The summed E-state index contributed by atoms with van der Waals surface area (Å²) in [5, 5.41) is 0.700. The molecule has 36 heavy (non-hydrogen) atoms. The zero-order valence-electron chi connectivity index (χ0n) is 20.6. The Hall–Kier alpha value is -3.76. The van der Waals surface area contributed by atoms with Gasteiger partial charge in [-0.05, 0) is 78.9 Å². The van der Waals surface area contributed by atoms with Gasteiger partial charge in [-0.3, -0.25) is 9.78 Å². The Kier molecular flexibility index (Phi) is 6.71. The number of pyridine rings is 1. The van der Waals surface area contributed by atoms with Crippen molar-refractivity contribution in [2.75, 3.05) is 0 Å². The van der Waals surface area contributed by atoms with E-state index in [1.54, 1.807) is 6.20 Å². The zero-order chi connectivity index (χ0) is 25.2. The molecule has 0 N–H and O–H groups in total. The molecule has 0 aliphatic carbocycles. The largest absolute Gasteiger partial charge is 0.436 e. The summed E-state index contributed by atoms with van der Waals surface area (Å²) in [6.07, 6.45) is 2.52. The molecule has 0 spiro atoms. The van der Waals surface area contributed by atoms with Crippen LogP contribution in [0.2, 0.25) is 5.02 Å². The highest BCUT2D eigenvalue weighted by Crippen LogP contribution is 2.33. The lowest BCUT2D eigenvalue weighted by Crippen LogP contribution is -2.12. The number of rotatable bonds is 7. The summed E-state index contributed by atoms with van der Waals surface area (Å²) >= 11 is 6.20. The number of aryl methyl sites for hydroxylation is 3. The topological polar surface area (TPSA) is 56.0 Å². The molecule has 1 unspecified atom stereocenters. The van der Waals surface area contributed by atoms with Crippen molar-refractivity contribution in [3.8, 4) is 11.5 Å². The average molecular weight is 495 g/mol. The molecule has 5 aromatic rings. The predicted octanol–water partition coefficient (Wildman–Crippen LogP) is 7.80. The Balaban J connectivity index is 1.40. The van der Waals surface area contributed by atoms with Crippen LogP contribution in [-0.2, 0) is 11.2 Å². The van der Waals surface area contributed by atoms with E-state index in [1.807, 2.05) is 81.4 Å². The van der Waals surface area contributed by atoms with Crippen LogP contribution in [0.5, 0.6) is 0 Å². The minimum atomic E-state index is -0.0325. The van der Waals surface area contributed by atoms with Crippen LogP contribution in [0, 0.1) is 20.8 Å². The third-order valence-corrected chi connectivity index (χ3v) is 6.89. The molecule has 5 rings (SSSR count). The fourth-order valence-corrected chi connectivity index (χ4v) is 5.08. The summed E-state index contributed by atoms with van der Waals surface area (Å²) in [7, 11) is 0. The molecular formula is C31H27ClN2O2. The summed E-state index contributed by atoms with van der Waals surface area (Å²) in [5.41, 5.74) is 8.54. The molecule has 0 aliphatic rings. The van der Waals surface area contributed by atoms with Gasteiger partial charge < -0.3 is 4.42 Å². The van der Waals surface area contributed by atoms with Gasteiger partial charge in [-0.15, -0.1) is 0 Å². The highest BCUT2D eigenvalue weighted by atomic mass is 35.5. The van der Waals surface area contributed by atoms with Gasteiger partial charge in [0.15, 0.2) is 5.58 Å². The van der Waals surface area contributed by atoms with E-state index in [2.05, 4.69) is 17.1 Å². The van der Waals surface area contributed by atoms with Crippen LogP contribution in [0.25, 0.3) is 22.6 Å². The molecule has 5 heteroatoms. The first-order valence-corrected chi connectivity index (χ1v) is 12.4. The number of aromatic nitrogens is 2. The van der Waals surface area contributed by atoms with E-state index in [1.165, 1.54) is 0 Å². The van der Waals surface area contributed by atoms with E-state index in [9.17, 15) is 4.79 Å². The molecule has 0 aliphatic heterocycles. The van der Waals surface area contributed by atoms with Crippen LogP contribution in [-0.4, -0.2) is 15.8 Å². The normalized spacial score (nSPS) is 12.1. The number of hydrogen-bond acceptors (Lipinski definition) is 4. The van der Waals surface area contributed by atoms with Gasteiger partial charge in [-0.2, -0.15) is 0 Å². The number of fused-ring (bicyclic) bond motifs is 1. The summed E-state index contributed by atoms with van der Waals surface area (Å²) in [6.45, 7) is 6.02. The van der Waals surface area contributed by atoms with Crippen LogP contribution < -0.4 is 0 Å². The Morgan fingerprint density at radius 1 is 0.944 bits per heavy atom. The number of carbonyl (C=O) groups is 1. The summed E-state index contributed by atoms with van der Waals surface area (Å²) in [6, 6.07) is 23.8. The Morgan fingerprint density at radius 3 is 2.50 bits per heavy atom. The molecule has 0 fully saturated rings. The first-order valence-electron chi connectivity index (χ1n) is 12.0. The second-order valence-electron chi connectivity index (χ2n) is 9.29. The van der Waals surface area contributed by atoms with Crippen LogP contribution in [0.15, 0.2) is 83.4 Å². The maximum Gasteiger partial charge on any atom is 0.229 e. The third kappa shape index (κ3) is 4.95. The summed E-state index contributed by atoms with van der Waals surface area (Å²) in [4.78, 5) is 22.4. The van der Waals surface area contributed by atoms with Crippen molar-refractivity contribution < 1.29 is 9.21 Å². The lowest BCUT2D eigenvalue weighted by atomic mass is 9.84. The summed E-state index contributed by atoms with van der Waals surface area (Å²) in [5.74, 6) is 0.689. The van der Waals surface area contributed by atoms with Gasteiger partial charge in [0, 0.05) is 30.0 Å². The van der Waals surface area contributed by atoms with Gasteiger partial charge in [0.1, 0.15) is 11.3 Å². The molecule has 4 nitrogen and oxygen atoms in total. The van der Waals surface area contributed by atoms with Crippen LogP contribution in [0.4, 0.5) is 0 Å². The van der Waals surface area contributed by atoms with Gasteiger partial charge in [-0.1, -0.05) is 54.1 Å². The highest BCUT2D eigenvalue weighted by Gasteiger charge is 2.21. The van der Waals surface area contributed by atoms with Gasteiger partial charge in [0.05, 0.1) is 11.3 Å². The van der Waals surface area contributed by atoms with Gasteiger partial charge >= 0.3 is 0 Å². The van der Waals surface area contributed by atoms with E-state index >= 15 is 0 Å². The number of benzene rings is 3. The molecule has 2 heterocycles. The minimum absolute atomic E-state index is 0.0325. The summed E-state index contributed by atoms with van der Waals surface area (Å²) < 4.78 is 6.03. The molecule has 2 aromatic heterocycles. The number of hydrogen-bond donors (Lipinski definition) is 0. The van der Waals surface area contributed by atoms with Crippen molar-refractivity contribution in [2.24, 2.45) is 0 Å². The first kappa shape index (κ1) is 24.0. The van der Waals surface area contributed by atoms with Crippen molar-refractivity contribution in [1.82, 2.24) is 9.97 Å². The molecule has 0 amide bonds. The quantitative estimate of drug-likeness (QED) is 0.231. The molecular weight excluding hydrogens is 468 g/mol. The first-order chi connectivity index (χ1) is 17.4. The molecule has 180 valence electrons. The Labute approximate surface area is 216 Å². The zero-order valence-corrected chi connectivity index (χ0v) is 21.3. The van der Waals surface area contributed by atoms with E-state index in [4.69, 9.17) is 21.0 Å². The smallest absolute Gasteiger partial charge is 0.229 e. The van der Waals surface area contributed by atoms with Gasteiger partial charge in [-0.25, -0.2) is 4.98 Å². The molecule has 3 aromatic carbocycles. The third-order valence-electron chi connectivity index (χ3n) is 6.66. The molecule has 1 atom stereocenters. The van der Waals surface area contributed by atoms with E-state index in [0.717, 1.165) is 44.6 Å². The molecule has 0 saturated carbocycles. The minimum Gasteiger partial charge on any atom is -0.436 e. The number of ketones is 1. The molecule has 0 radical (unpaired) electrons. The average Bonchev–Trinajstić information content (AvgIpc) is 3.26. The Morgan fingerprint density at radius 2 is 1.75 bits per heavy atom. The van der Waals surface area contributed by atoms with Crippen molar-refractivity contribution in [2.45, 2.75) is 39.5 Å². The lowest BCUT2D eigenvalue weighted by molar-refractivity contribution is -0.118. The van der Waals surface area contributed by atoms with Crippen LogP contribution in [0.3, 0.4) is 0 Å². The fraction of sp³-hybridized carbons (Fsp3) is 0.194. The maximum absolute atomic E-state index is 13.3. The fourth-order valence-electron chi connectivity index (χ4n) is 4.86. The van der Waals surface area contributed by atoms with Crippen LogP contribution in [0.1, 0.15) is 45.8 Å². The monoisotopic (exact) mass is 494 g/mol. The number of halogens is 1. The number of Topliss-reactive ketones (excluding diaryl/α,β-unsaturated/α-hetero) is 1. The second-order valence-corrected chi connectivity index (χ2v) is 9.73. The Bertz CT molecular complexity index is 1540.